The van der Waals surface area contributed by atoms with Crippen LogP contribution in [-0.4, -0.2) is 5.11 Å². The van der Waals surface area contributed by atoms with Crippen LogP contribution in [-0.2, 0) is 0 Å². The van der Waals surface area contributed by atoms with Crippen molar-refractivity contribution in [2.45, 2.75) is 32.3 Å². The highest BCUT2D eigenvalue weighted by Crippen LogP contribution is 2.72. The molecule has 1 N–H and O–H groups in total. The van der Waals surface area contributed by atoms with Crippen molar-refractivity contribution in [2.24, 2.45) is 29.6 Å². The number of rotatable bonds is 2. The third-order valence-electron chi connectivity index (χ3n) is 6.14. The standard InChI is InChI=1S/C18H20O2/c1-9-2-5-13-12(6-9)8-14(20-13)18(19)17-15-10-3-4-11(7-10)16(15)17/h2,5-6,8,10-11,15-19H,3-4,7H2,1H3. The number of furan rings is 1. The Bertz CT molecular complexity index is 670. The zero-order valence-corrected chi connectivity index (χ0v) is 11.8. The van der Waals surface area contributed by atoms with Gasteiger partial charge in [0.25, 0.3) is 0 Å². The molecule has 0 aliphatic heterocycles. The summed E-state index contributed by atoms with van der Waals surface area (Å²) in [5.41, 5.74) is 2.14. The molecule has 2 bridgehead atoms. The maximum atomic E-state index is 10.7. The Morgan fingerprint density at radius 1 is 1.15 bits per heavy atom. The Balaban J connectivity index is 1.47. The van der Waals surface area contributed by atoms with Gasteiger partial charge in [0.2, 0.25) is 0 Å². The maximum Gasteiger partial charge on any atom is 0.134 e. The second kappa shape index (κ2) is 3.67. The van der Waals surface area contributed by atoms with E-state index >= 15 is 0 Å². The molecule has 104 valence electrons. The fraction of sp³-hybridized carbons (Fsp3) is 0.556. The summed E-state index contributed by atoms with van der Waals surface area (Å²) in [4.78, 5) is 0. The molecule has 20 heavy (non-hydrogen) atoms. The molecule has 1 heterocycles. The quantitative estimate of drug-likeness (QED) is 0.890. The predicted octanol–water partition coefficient (Wildman–Crippen LogP) is 4.07. The van der Waals surface area contributed by atoms with Gasteiger partial charge in [-0.15, -0.1) is 0 Å². The molecule has 3 saturated carbocycles. The third-order valence-corrected chi connectivity index (χ3v) is 6.14. The van der Waals surface area contributed by atoms with Crippen molar-refractivity contribution in [2.75, 3.05) is 0 Å². The molecule has 0 amide bonds. The molecule has 5 rings (SSSR count). The molecule has 3 fully saturated rings. The van der Waals surface area contributed by atoms with Crippen molar-refractivity contribution >= 4 is 11.0 Å². The largest absolute Gasteiger partial charge is 0.458 e. The lowest BCUT2D eigenvalue weighted by molar-refractivity contribution is 0.108. The Morgan fingerprint density at radius 3 is 2.65 bits per heavy atom. The minimum absolute atomic E-state index is 0.388. The summed E-state index contributed by atoms with van der Waals surface area (Å²) in [6, 6.07) is 8.25. The number of fused-ring (bicyclic) bond motifs is 6. The molecular formula is C18H20O2. The van der Waals surface area contributed by atoms with E-state index in [2.05, 4.69) is 19.1 Å². The van der Waals surface area contributed by atoms with Gasteiger partial charge in [0.05, 0.1) is 0 Å². The fourth-order valence-electron chi connectivity index (χ4n) is 5.33. The van der Waals surface area contributed by atoms with Crippen LogP contribution in [0.4, 0.5) is 0 Å². The van der Waals surface area contributed by atoms with Crippen molar-refractivity contribution in [3.8, 4) is 0 Å². The molecule has 1 aromatic heterocycles. The summed E-state index contributed by atoms with van der Waals surface area (Å²) in [6.07, 6.45) is 3.83. The molecule has 1 aromatic carbocycles. The number of aliphatic hydroxyl groups excluding tert-OH is 1. The second-order valence-electron chi connectivity index (χ2n) is 7.20. The van der Waals surface area contributed by atoms with E-state index in [0.717, 1.165) is 40.4 Å². The normalized spacial score (nSPS) is 39.2. The highest BCUT2D eigenvalue weighted by molar-refractivity contribution is 5.78. The molecular weight excluding hydrogens is 248 g/mol. The van der Waals surface area contributed by atoms with Gasteiger partial charge in [0.1, 0.15) is 17.4 Å². The van der Waals surface area contributed by atoms with Crippen LogP contribution in [0.5, 0.6) is 0 Å². The van der Waals surface area contributed by atoms with E-state index in [4.69, 9.17) is 4.42 Å². The molecule has 2 nitrogen and oxygen atoms in total. The van der Waals surface area contributed by atoms with Gasteiger partial charge in [0.15, 0.2) is 0 Å². The summed E-state index contributed by atoms with van der Waals surface area (Å²) < 4.78 is 5.89. The predicted molar refractivity (Wildman–Crippen MR) is 77.2 cm³/mol. The molecule has 0 saturated heterocycles. The van der Waals surface area contributed by atoms with Gasteiger partial charge in [0, 0.05) is 5.39 Å². The Morgan fingerprint density at radius 2 is 1.90 bits per heavy atom. The first kappa shape index (κ1) is 11.4. The first-order valence-electron chi connectivity index (χ1n) is 7.90. The van der Waals surface area contributed by atoms with Crippen LogP contribution in [0, 0.1) is 36.5 Å². The fourth-order valence-corrected chi connectivity index (χ4v) is 5.33. The van der Waals surface area contributed by atoms with Crippen LogP contribution in [0.3, 0.4) is 0 Å². The lowest BCUT2D eigenvalue weighted by Crippen LogP contribution is -2.07. The zero-order chi connectivity index (χ0) is 13.4. The average Bonchev–Trinajstić information content (AvgIpc) is 2.81. The number of benzene rings is 1. The van der Waals surface area contributed by atoms with E-state index in [0.29, 0.717) is 5.92 Å². The van der Waals surface area contributed by atoms with Crippen LogP contribution in [0.1, 0.15) is 36.7 Å². The van der Waals surface area contributed by atoms with E-state index in [1.807, 2.05) is 12.1 Å². The molecule has 2 heteroatoms. The van der Waals surface area contributed by atoms with Gasteiger partial charge in [-0.1, -0.05) is 11.6 Å². The van der Waals surface area contributed by atoms with Gasteiger partial charge >= 0.3 is 0 Å². The van der Waals surface area contributed by atoms with Crippen molar-refractivity contribution in [1.29, 1.82) is 0 Å². The topological polar surface area (TPSA) is 33.4 Å². The van der Waals surface area contributed by atoms with Crippen LogP contribution in [0.2, 0.25) is 0 Å². The van der Waals surface area contributed by atoms with Crippen molar-refractivity contribution < 1.29 is 9.52 Å². The molecule has 2 aromatic rings. The van der Waals surface area contributed by atoms with E-state index in [1.54, 1.807) is 0 Å². The highest BCUT2D eigenvalue weighted by Gasteiger charge is 2.67. The minimum atomic E-state index is -0.388. The average molecular weight is 268 g/mol. The van der Waals surface area contributed by atoms with Crippen molar-refractivity contribution in [1.82, 2.24) is 0 Å². The van der Waals surface area contributed by atoms with Gasteiger partial charge in [-0.25, -0.2) is 0 Å². The lowest BCUT2D eigenvalue weighted by atomic mass is 9.98. The van der Waals surface area contributed by atoms with E-state index in [1.165, 1.54) is 24.8 Å². The first-order valence-corrected chi connectivity index (χ1v) is 7.90. The van der Waals surface area contributed by atoms with Gasteiger partial charge in [-0.3, -0.25) is 0 Å². The van der Waals surface area contributed by atoms with Crippen LogP contribution in [0.25, 0.3) is 11.0 Å². The monoisotopic (exact) mass is 268 g/mol. The van der Waals surface area contributed by atoms with E-state index in [-0.39, 0.29) is 6.10 Å². The van der Waals surface area contributed by atoms with E-state index in [9.17, 15) is 5.11 Å². The van der Waals surface area contributed by atoms with Crippen molar-refractivity contribution in [3.63, 3.8) is 0 Å². The molecule has 5 atom stereocenters. The third kappa shape index (κ3) is 1.38. The lowest BCUT2D eigenvalue weighted by Gasteiger charge is -2.12. The Hall–Kier alpha value is -1.28. The second-order valence-corrected chi connectivity index (χ2v) is 7.20. The summed E-state index contributed by atoms with van der Waals surface area (Å²) in [6.45, 7) is 2.09. The number of aryl methyl sites for hydroxylation is 1. The Labute approximate surface area is 118 Å². The number of aliphatic hydroxyl groups is 1. The molecule has 0 radical (unpaired) electrons. The summed E-state index contributed by atoms with van der Waals surface area (Å²) >= 11 is 0. The maximum absolute atomic E-state index is 10.7. The summed E-state index contributed by atoms with van der Waals surface area (Å²) in [5, 5.41) is 11.8. The first-order chi connectivity index (χ1) is 9.72. The van der Waals surface area contributed by atoms with Gasteiger partial charge in [-0.05, 0) is 74.0 Å². The smallest absolute Gasteiger partial charge is 0.134 e. The highest BCUT2D eigenvalue weighted by atomic mass is 16.4. The summed E-state index contributed by atoms with van der Waals surface area (Å²) in [7, 11) is 0. The van der Waals surface area contributed by atoms with E-state index < -0.39 is 0 Å². The van der Waals surface area contributed by atoms with Gasteiger partial charge in [-0.2, -0.15) is 0 Å². The molecule has 3 aliphatic carbocycles. The minimum Gasteiger partial charge on any atom is -0.458 e. The zero-order valence-electron chi connectivity index (χ0n) is 11.8. The number of hydrogen-bond acceptors (Lipinski definition) is 2. The molecule has 0 spiro atoms. The molecule has 3 aliphatic rings. The summed E-state index contributed by atoms with van der Waals surface area (Å²) in [5.74, 6) is 4.64. The van der Waals surface area contributed by atoms with Crippen LogP contribution in [0.15, 0.2) is 28.7 Å². The van der Waals surface area contributed by atoms with Crippen LogP contribution >= 0.6 is 0 Å². The van der Waals surface area contributed by atoms with Crippen molar-refractivity contribution in [3.05, 3.63) is 35.6 Å². The van der Waals surface area contributed by atoms with Crippen LogP contribution < -0.4 is 0 Å². The Kier molecular flexibility index (Phi) is 2.09. The van der Waals surface area contributed by atoms with Gasteiger partial charge < -0.3 is 9.52 Å². The molecule has 5 unspecified atom stereocenters. The number of hydrogen-bond donors (Lipinski definition) is 1. The SMILES string of the molecule is Cc1ccc2oc(C(O)C3C4C5CCC(C5)C43)cc2c1.